The average Bonchev–Trinajstić information content (AvgIpc) is 3.24. The van der Waals surface area contributed by atoms with Crippen LogP contribution in [0.5, 0.6) is 0 Å². The molecule has 9 heteroatoms. The monoisotopic (exact) mass is 905 g/mol. The van der Waals surface area contributed by atoms with Gasteiger partial charge in [0.15, 0.2) is 0 Å². The topological polar surface area (TPSA) is 108 Å². The predicted molar refractivity (Wildman–Crippen MR) is 270 cm³/mol. The molecule has 63 heavy (non-hydrogen) atoms. The molecule has 0 bridgehead atoms. The summed E-state index contributed by atoms with van der Waals surface area (Å²) in [5.41, 5.74) is 0. The lowest BCUT2D eigenvalue weighted by molar-refractivity contribution is -0.870. The van der Waals surface area contributed by atoms with E-state index in [1.807, 2.05) is 27.2 Å². The Bertz CT molecular complexity index is 1210. The summed E-state index contributed by atoms with van der Waals surface area (Å²) in [6.07, 6.45) is 60.2. The van der Waals surface area contributed by atoms with E-state index in [9.17, 15) is 19.4 Å². The van der Waals surface area contributed by atoms with Crippen LogP contribution in [-0.4, -0.2) is 68.5 Å². The van der Waals surface area contributed by atoms with E-state index in [4.69, 9.17) is 9.05 Å². The van der Waals surface area contributed by atoms with Gasteiger partial charge in [-0.25, -0.2) is 0 Å². The van der Waals surface area contributed by atoms with Gasteiger partial charge in [0.25, 0.3) is 7.82 Å². The molecule has 8 nitrogen and oxygen atoms in total. The lowest BCUT2D eigenvalue weighted by Crippen LogP contribution is -2.45. The van der Waals surface area contributed by atoms with Crippen molar-refractivity contribution in [3.05, 3.63) is 60.8 Å². The second-order valence-corrected chi connectivity index (χ2v) is 20.3. The van der Waals surface area contributed by atoms with E-state index < -0.39 is 26.6 Å². The zero-order chi connectivity index (χ0) is 46.4. The molecule has 368 valence electrons. The number of hydrogen-bond donors (Lipinski definition) is 2. The first-order valence-corrected chi connectivity index (χ1v) is 27.6. The van der Waals surface area contributed by atoms with Crippen LogP contribution in [-0.2, 0) is 18.4 Å². The van der Waals surface area contributed by atoms with Gasteiger partial charge in [-0.1, -0.05) is 209 Å². The normalized spacial score (nSPS) is 14.6. The first-order valence-electron chi connectivity index (χ1n) is 26.2. The third-order valence-electron chi connectivity index (χ3n) is 11.4. The molecule has 0 saturated carbocycles. The van der Waals surface area contributed by atoms with Crippen LogP contribution in [0.25, 0.3) is 0 Å². The van der Waals surface area contributed by atoms with Gasteiger partial charge in [-0.3, -0.25) is 9.36 Å². The van der Waals surface area contributed by atoms with Crippen molar-refractivity contribution in [1.29, 1.82) is 0 Å². The number of nitrogens with one attached hydrogen (secondary N) is 1. The van der Waals surface area contributed by atoms with E-state index in [-0.39, 0.29) is 12.5 Å². The fourth-order valence-electron chi connectivity index (χ4n) is 7.26. The number of carbonyl (C=O) groups is 1. The summed E-state index contributed by atoms with van der Waals surface area (Å²) < 4.78 is 23.2. The number of carbonyl (C=O) groups excluding carboxylic acids is 1. The minimum atomic E-state index is -4.60. The molecule has 0 rings (SSSR count). The maximum atomic E-state index is 12.9. The van der Waals surface area contributed by atoms with Gasteiger partial charge in [0, 0.05) is 6.42 Å². The number of rotatable bonds is 47. The lowest BCUT2D eigenvalue weighted by atomic mass is 10.0. The maximum Gasteiger partial charge on any atom is 0.268 e. The first-order chi connectivity index (χ1) is 30.5. The van der Waals surface area contributed by atoms with Crippen LogP contribution in [0.2, 0.25) is 0 Å². The van der Waals surface area contributed by atoms with E-state index >= 15 is 0 Å². The minimum absolute atomic E-state index is 0.0108. The molecule has 0 aromatic carbocycles. The molecule has 0 radical (unpaired) electrons. The summed E-state index contributed by atoms with van der Waals surface area (Å²) in [5, 5.41) is 13.8. The summed E-state index contributed by atoms with van der Waals surface area (Å²) in [5.74, 6) is -0.215. The largest absolute Gasteiger partial charge is 0.756 e. The molecule has 0 aliphatic carbocycles. The molecule has 3 unspecified atom stereocenters. The number of unbranched alkanes of at least 4 members (excludes halogenated alkanes) is 26. The van der Waals surface area contributed by atoms with Crippen LogP contribution in [0.1, 0.15) is 226 Å². The van der Waals surface area contributed by atoms with Crippen molar-refractivity contribution in [1.82, 2.24) is 5.32 Å². The van der Waals surface area contributed by atoms with Crippen molar-refractivity contribution in [2.24, 2.45) is 0 Å². The van der Waals surface area contributed by atoms with Crippen molar-refractivity contribution >= 4 is 13.7 Å². The Labute approximate surface area is 390 Å². The van der Waals surface area contributed by atoms with Gasteiger partial charge in [0.1, 0.15) is 13.2 Å². The van der Waals surface area contributed by atoms with Crippen molar-refractivity contribution in [3.63, 3.8) is 0 Å². The van der Waals surface area contributed by atoms with Crippen LogP contribution in [0.3, 0.4) is 0 Å². The lowest BCUT2D eigenvalue weighted by Gasteiger charge is -2.29. The van der Waals surface area contributed by atoms with Gasteiger partial charge < -0.3 is 28.8 Å². The maximum absolute atomic E-state index is 12.9. The van der Waals surface area contributed by atoms with Crippen molar-refractivity contribution in [3.8, 4) is 0 Å². The van der Waals surface area contributed by atoms with Crippen LogP contribution >= 0.6 is 7.82 Å². The molecule has 1 amide bonds. The van der Waals surface area contributed by atoms with Gasteiger partial charge >= 0.3 is 0 Å². The fourth-order valence-corrected chi connectivity index (χ4v) is 7.98. The first kappa shape index (κ1) is 61.2. The van der Waals surface area contributed by atoms with Gasteiger partial charge in [0.05, 0.1) is 39.9 Å². The fraction of sp³-hybridized carbons (Fsp3) is 0.796. The van der Waals surface area contributed by atoms with Crippen LogP contribution in [0.15, 0.2) is 60.8 Å². The molecule has 3 atom stereocenters. The third-order valence-corrected chi connectivity index (χ3v) is 12.4. The van der Waals surface area contributed by atoms with Crippen molar-refractivity contribution in [2.75, 3.05) is 40.9 Å². The highest BCUT2D eigenvalue weighted by Crippen LogP contribution is 2.38. The number of nitrogens with zero attached hydrogens (tertiary/aromatic N) is 1. The Morgan fingerprint density at radius 1 is 0.556 bits per heavy atom. The van der Waals surface area contributed by atoms with Gasteiger partial charge in [0.2, 0.25) is 5.91 Å². The zero-order valence-electron chi connectivity index (χ0n) is 41.8. The van der Waals surface area contributed by atoms with Crippen LogP contribution < -0.4 is 10.2 Å². The van der Waals surface area contributed by atoms with E-state index in [1.54, 1.807) is 6.08 Å². The van der Waals surface area contributed by atoms with Gasteiger partial charge in [-0.2, -0.15) is 0 Å². The molecular formula is C54H101N2O6P. The number of phosphoric acid groups is 1. The Balaban J connectivity index is 4.14. The summed E-state index contributed by atoms with van der Waals surface area (Å²) >= 11 is 0. The Morgan fingerprint density at radius 2 is 0.952 bits per heavy atom. The Morgan fingerprint density at radius 3 is 1.43 bits per heavy atom. The molecule has 2 N–H and O–H groups in total. The van der Waals surface area contributed by atoms with Gasteiger partial charge in [-0.05, 0) is 70.6 Å². The quantitative estimate of drug-likeness (QED) is 0.0273. The standard InChI is InChI=1S/C54H101N2O6P/c1-6-8-10-12-14-16-18-20-21-22-23-24-25-26-27-28-29-30-31-32-33-34-35-36-38-40-42-44-46-48-54(58)55-52(51-62-63(59,60)61-50-49-56(3,4)5)53(57)47-45-43-41-39-37-19-17-15-13-11-9-7-2/h13,15,23-24,26-27,37,39,45,47,52-53,57H,6-12,14,16-22,25,28-36,38,40-44,46,48-51H2,1-5H3,(H-,55,58,59,60)/b15-13+,24-23-,27-26-,39-37+,47-45+. The minimum Gasteiger partial charge on any atom is -0.756 e. The Kier molecular flexibility index (Phi) is 44.1. The number of phosphoric ester groups is 1. The third kappa shape index (κ3) is 48.0. The highest BCUT2D eigenvalue weighted by atomic mass is 31.2. The molecule has 0 aromatic rings. The van der Waals surface area contributed by atoms with Crippen molar-refractivity contribution < 1.29 is 32.9 Å². The number of aliphatic hydroxyl groups excluding tert-OH is 1. The zero-order valence-corrected chi connectivity index (χ0v) is 42.7. The highest BCUT2D eigenvalue weighted by Gasteiger charge is 2.23. The number of aliphatic hydroxyl groups is 1. The highest BCUT2D eigenvalue weighted by molar-refractivity contribution is 7.45. The van der Waals surface area contributed by atoms with Crippen LogP contribution in [0, 0.1) is 0 Å². The molecular weight excluding hydrogens is 804 g/mol. The molecule has 0 saturated heterocycles. The second-order valence-electron chi connectivity index (χ2n) is 18.9. The summed E-state index contributed by atoms with van der Waals surface area (Å²) in [4.78, 5) is 25.4. The second kappa shape index (κ2) is 45.4. The number of hydrogen-bond acceptors (Lipinski definition) is 6. The molecule has 0 aromatic heterocycles. The van der Waals surface area contributed by atoms with Gasteiger partial charge in [-0.15, -0.1) is 0 Å². The molecule has 0 aliphatic rings. The molecule has 0 spiro atoms. The van der Waals surface area contributed by atoms with E-state index in [2.05, 4.69) is 67.8 Å². The summed E-state index contributed by atoms with van der Waals surface area (Å²) in [7, 11) is 1.23. The van der Waals surface area contributed by atoms with E-state index in [0.717, 1.165) is 57.8 Å². The number of allylic oxidation sites excluding steroid dienone is 9. The van der Waals surface area contributed by atoms with Crippen molar-refractivity contribution in [2.45, 2.75) is 238 Å². The average molecular weight is 905 g/mol. The molecule has 0 aliphatic heterocycles. The van der Waals surface area contributed by atoms with E-state index in [1.165, 1.54) is 148 Å². The molecule has 0 fully saturated rings. The SMILES string of the molecule is CCCC/C=C/CC/C=C/CC/C=C/C(O)C(COP(=O)([O-])OCC[N+](C)(C)C)NC(=O)CCCCCCCCCCCCCCC/C=C\C/C=C\CCCCCCCCCCC. The van der Waals surface area contributed by atoms with Crippen LogP contribution in [0.4, 0.5) is 0 Å². The smallest absolute Gasteiger partial charge is 0.268 e. The molecule has 0 heterocycles. The van der Waals surface area contributed by atoms with E-state index in [0.29, 0.717) is 17.4 Å². The predicted octanol–water partition coefficient (Wildman–Crippen LogP) is 14.7. The Hall–Kier alpha value is -1.80. The summed E-state index contributed by atoms with van der Waals surface area (Å²) in [6, 6.07) is -0.910. The number of quaternary nitrogens is 1. The summed E-state index contributed by atoms with van der Waals surface area (Å²) in [6.45, 7) is 4.57. The number of likely N-dealkylation sites (N-methyl/N-ethyl adjacent to an activating group) is 1. The number of amides is 1.